The van der Waals surface area contributed by atoms with E-state index in [0.29, 0.717) is 12.2 Å². The third-order valence-electron chi connectivity index (χ3n) is 3.09. The molecule has 0 spiro atoms. The zero-order chi connectivity index (χ0) is 16.5. The average molecular weight is 313 g/mol. The van der Waals surface area contributed by atoms with Crippen LogP contribution in [-0.2, 0) is 6.42 Å². The van der Waals surface area contributed by atoms with Crippen molar-refractivity contribution in [1.29, 1.82) is 0 Å². The molecule has 23 heavy (non-hydrogen) atoms. The predicted molar refractivity (Wildman–Crippen MR) is 91.8 cm³/mol. The summed E-state index contributed by atoms with van der Waals surface area (Å²) >= 11 is 0. The summed E-state index contributed by atoms with van der Waals surface area (Å²) in [7, 11) is 0. The molecule has 2 N–H and O–H groups in total. The molecule has 5 heteroatoms. The molecule has 0 atom stereocenters. The van der Waals surface area contributed by atoms with Gasteiger partial charge in [-0.25, -0.2) is 4.79 Å². The van der Waals surface area contributed by atoms with Gasteiger partial charge < -0.3 is 15.4 Å². The number of carbonyl (C=O) groups excluding carboxylic acids is 1. The largest absolute Gasteiger partial charge is 0.491 e. The average Bonchev–Trinajstić information content (AvgIpc) is 2.52. The molecule has 2 amide bonds. The first-order valence-corrected chi connectivity index (χ1v) is 7.85. The number of ether oxygens (including phenoxy) is 1. The van der Waals surface area contributed by atoms with E-state index >= 15 is 0 Å². The van der Waals surface area contributed by atoms with Gasteiger partial charge in [0, 0.05) is 30.2 Å². The number of rotatable bonds is 7. The second kappa shape index (κ2) is 8.78. The highest BCUT2D eigenvalue weighted by molar-refractivity contribution is 5.89. The van der Waals surface area contributed by atoms with Gasteiger partial charge in [0.2, 0.25) is 0 Å². The number of nitrogens with zero attached hydrogens (tertiary/aromatic N) is 1. The summed E-state index contributed by atoms with van der Waals surface area (Å²) in [6.45, 7) is 4.54. The first-order chi connectivity index (χ1) is 11.1. The highest BCUT2D eigenvalue weighted by Crippen LogP contribution is 2.18. The van der Waals surface area contributed by atoms with E-state index in [1.54, 1.807) is 6.20 Å². The van der Waals surface area contributed by atoms with Crippen LogP contribution in [0.1, 0.15) is 26.0 Å². The van der Waals surface area contributed by atoms with Crippen molar-refractivity contribution in [2.45, 2.75) is 32.8 Å². The van der Waals surface area contributed by atoms with Crippen molar-refractivity contribution in [3.05, 3.63) is 54.4 Å². The van der Waals surface area contributed by atoms with Crippen LogP contribution >= 0.6 is 0 Å². The molecular formula is C18H23N3O2. The van der Waals surface area contributed by atoms with Crippen LogP contribution < -0.4 is 15.4 Å². The summed E-state index contributed by atoms with van der Waals surface area (Å²) in [4.78, 5) is 16.1. The fourth-order valence-electron chi connectivity index (χ4n) is 2.11. The Balaban J connectivity index is 1.72. The maximum Gasteiger partial charge on any atom is 0.319 e. The number of aromatic nitrogens is 1. The van der Waals surface area contributed by atoms with Gasteiger partial charge >= 0.3 is 6.03 Å². The summed E-state index contributed by atoms with van der Waals surface area (Å²) in [5, 5.41) is 5.65. The van der Waals surface area contributed by atoms with Crippen LogP contribution in [0.3, 0.4) is 0 Å². The minimum atomic E-state index is -0.215. The Morgan fingerprint density at radius 2 is 2.09 bits per heavy atom. The van der Waals surface area contributed by atoms with Crippen molar-refractivity contribution in [2.24, 2.45) is 0 Å². The maximum atomic E-state index is 11.9. The quantitative estimate of drug-likeness (QED) is 0.767. The van der Waals surface area contributed by atoms with Crippen LogP contribution in [0.4, 0.5) is 10.5 Å². The van der Waals surface area contributed by atoms with E-state index < -0.39 is 0 Å². The lowest BCUT2D eigenvalue weighted by Crippen LogP contribution is -2.29. The number of anilines is 1. The summed E-state index contributed by atoms with van der Waals surface area (Å²) < 4.78 is 5.61. The number of amides is 2. The van der Waals surface area contributed by atoms with E-state index in [9.17, 15) is 4.79 Å². The Kier molecular flexibility index (Phi) is 6.41. The monoisotopic (exact) mass is 313 g/mol. The van der Waals surface area contributed by atoms with Gasteiger partial charge in [0.1, 0.15) is 5.75 Å². The second-order valence-electron chi connectivity index (χ2n) is 5.50. The molecule has 1 aromatic heterocycles. The lowest BCUT2D eigenvalue weighted by molar-refractivity contribution is 0.242. The number of benzene rings is 1. The molecule has 0 aliphatic carbocycles. The lowest BCUT2D eigenvalue weighted by atomic mass is 10.2. The summed E-state index contributed by atoms with van der Waals surface area (Å²) in [6.07, 6.45) is 3.58. The number of urea groups is 1. The van der Waals surface area contributed by atoms with Crippen LogP contribution in [-0.4, -0.2) is 23.7 Å². The molecule has 0 unspecified atom stereocenters. The van der Waals surface area contributed by atoms with Crippen molar-refractivity contribution in [3.63, 3.8) is 0 Å². The lowest BCUT2D eigenvalue weighted by Gasteiger charge is -2.12. The van der Waals surface area contributed by atoms with Crippen molar-refractivity contribution >= 4 is 11.7 Å². The molecule has 0 saturated carbocycles. The van der Waals surface area contributed by atoms with Crippen LogP contribution in [0.2, 0.25) is 0 Å². The third-order valence-corrected chi connectivity index (χ3v) is 3.09. The molecule has 0 saturated heterocycles. The van der Waals surface area contributed by atoms with Gasteiger partial charge in [-0.3, -0.25) is 4.98 Å². The number of carbonyl (C=O) groups is 1. The molecule has 1 heterocycles. The first-order valence-electron chi connectivity index (χ1n) is 7.85. The maximum absolute atomic E-state index is 11.9. The summed E-state index contributed by atoms with van der Waals surface area (Å²) in [5.41, 5.74) is 1.75. The molecule has 2 aromatic rings. The molecule has 0 aliphatic rings. The van der Waals surface area contributed by atoms with E-state index in [2.05, 4.69) is 15.6 Å². The highest BCUT2D eigenvalue weighted by atomic mass is 16.5. The Bertz CT molecular complexity index is 615. The molecule has 2 rings (SSSR count). The van der Waals surface area contributed by atoms with Gasteiger partial charge in [-0.1, -0.05) is 12.1 Å². The van der Waals surface area contributed by atoms with Crippen LogP contribution in [0, 0.1) is 0 Å². The molecule has 5 nitrogen and oxygen atoms in total. The van der Waals surface area contributed by atoms with Crippen LogP contribution in [0.15, 0.2) is 48.7 Å². The molecule has 1 aromatic carbocycles. The molecule has 0 fully saturated rings. The second-order valence-corrected chi connectivity index (χ2v) is 5.50. The normalized spacial score (nSPS) is 10.4. The summed E-state index contributed by atoms with van der Waals surface area (Å²) in [6, 6.07) is 13.0. The molecule has 0 aliphatic heterocycles. The van der Waals surface area contributed by atoms with Crippen molar-refractivity contribution in [2.75, 3.05) is 11.9 Å². The van der Waals surface area contributed by atoms with E-state index in [-0.39, 0.29) is 12.1 Å². The zero-order valence-corrected chi connectivity index (χ0v) is 13.6. The van der Waals surface area contributed by atoms with Gasteiger partial charge in [-0.15, -0.1) is 0 Å². The smallest absolute Gasteiger partial charge is 0.319 e. The number of nitrogens with one attached hydrogen (secondary N) is 2. The Morgan fingerprint density at radius 1 is 1.22 bits per heavy atom. The van der Waals surface area contributed by atoms with Gasteiger partial charge in [0.15, 0.2) is 0 Å². The molecule has 0 bridgehead atoms. The Hall–Kier alpha value is -2.56. The number of pyridine rings is 1. The third kappa shape index (κ3) is 6.38. The fraction of sp³-hybridized carbons (Fsp3) is 0.333. The van der Waals surface area contributed by atoms with Gasteiger partial charge in [-0.2, -0.15) is 0 Å². The SMILES string of the molecule is CC(C)Oc1cccc(NC(=O)NCCCc2ccccn2)c1. The van der Waals surface area contributed by atoms with Crippen LogP contribution in [0.25, 0.3) is 0 Å². The number of aryl methyl sites for hydroxylation is 1. The highest BCUT2D eigenvalue weighted by Gasteiger charge is 2.03. The predicted octanol–water partition coefficient (Wildman–Crippen LogP) is 3.62. The minimum absolute atomic E-state index is 0.102. The van der Waals surface area contributed by atoms with Gasteiger partial charge in [0.25, 0.3) is 0 Å². The van der Waals surface area contributed by atoms with E-state index in [1.807, 2.05) is 56.3 Å². The van der Waals surface area contributed by atoms with E-state index in [4.69, 9.17) is 4.74 Å². The van der Waals surface area contributed by atoms with E-state index in [1.165, 1.54) is 0 Å². The molecular weight excluding hydrogens is 290 g/mol. The first kappa shape index (κ1) is 16.8. The van der Waals surface area contributed by atoms with Crippen molar-refractivity contribution < 1.29 is 9.53 Å². The molecule has 122 valence electrons. The Morgan fingerprint density at radius 3 is 2.83 bits per heavy atom. The standard InChI is InChI=1S/C18H23N3O2/c1-14(2)23-17-10-5-8-16(13-17)21-18(22)20-12-6-9-15-7-3-4-11-19-15/h3-5,7-8,10-11,13-14H,6,9,12H2,1-2H3,(H2,20,21,22). The van der Waals surface area contributed by atoms with Crippen molar-refractivity contribution in [1.82, 2.24) is 10.3 Å². The van der Waals surface area contributed by atoms with Gasteiger partial charge in [-0.05, 0) is 51.0 Å². The Labute approximate surface area is 137 Å². The van der Waals surface area contributed by atoms with E-state index in [0.717, 1.165) is 24.3 Å². The zero-order valence-electron chi connectivity index (χ0n) is 13.6. The van der Waals surface area contributed by atoms with Crippen LogP contribution in [0.5, 0.6) is 5.75 Å². The number of hydrogen-bond acceptors (Lipinski definition) is 3. The van der Waals surface area contributed by atoms with Gasteiger partial charge in [0.05, 0.1) is 6.10 Å². The van der Waals surface area contributed by atoms with Crippen molar-refractivity contribution in [3.8, 4) is 5.75 Å². The minimum Gasteiger partial charge on any atom is -0.491 e. The number of hydrogen-bond donors (Lipinski definition) is 2. The summed E-state index contributed by atoms with van der Waals surface area (Å²) in [5.74, 6) is 0.743. The fourth-order valence-corrected chi connectivity index (χ4v) is 2.11. The molecule has 0 radical (unpaired) electrons. The topological polar surface area (TPSA) is 63.2 Å².